The predicted molar refractivity (Wildman–Crippen MR) is 98.4 cm³/mol. The van der Waals surface area contributed by atoms with Crippen LogP contribution in [0.5, 0.6) is 0 Å². The maximum atomic E-state index is 12.0. The summed E-state index contributed by atoms with van der Waals surface area (Å²) in [4.78, 5) is 12.0. The lowest BCUT2D eigenvalue weighted by atomic mass is 9.46. The molecule has 146 valence electrons. The Hall–Kier alpha value is -1.17. The molecule has 5 heteroatoms. The summed E-state index contributed by atoms with van der Waals surface area (Å²) in [5, 5.41) is 20.6. The third-order valence-electron chi connectivity index (χ3n) is 7.50. The number of aliphatic hydroxyl groups is 2. The minimum atomic E-state index is -0.486. The number of cyclic esters (lactones) is 1. The minimum absolute atomic E-state index is 0.00716. The van der Waals surface area contributed by atoms with Crippen molar-refractivity contribution in [1.82, 2.24) is 0 Å². The van der Waals surface area contributed by atoms with Gasteiger partial charge in [-0.05, 0) is 49.4 Å². The molecule has 0 aromatic carbocycles. The Labute approximate surface area is 156 Å². The molecule has 0 radical (unpaired) electrons. The molecule has 5 nitrogen and oxygen atoms in total. The van der Waals surface area contributed by atoms with E-state index < -0.39 is 11.5 Å². The van der Waals surface area contributed by atoms with Crippen LogP contribution in [0.15, 0.2) is 23.8 Å². The van der Waals surface area contributed by atoms with Crippen LogP contribution in [0.2, 0.25) is 0 Å². The Balaban J connectivity index is 1.89. The van der Waals surface area contributed by atoms with Crippen LogP contribution in [0.3, 0.4) is 0 Å². The summed E-state index contributed by atoms with van der Waals surface area (Å²) in [6, 6.07) is 0. The SMILES string of the molecule is C=C1CCC2[C@](C)(CO)C(O)CC[C@]2(C)[C@H]1C/C=C1/C(=O)OCC1OC. The van der Waals surface area contributed by atoms with Crippen molar-refractivity contribution >= 4 is 5.97 Å². The van der Waals surface area contributed by atoms with Gasteiger partial charge in [0, 0.05) is 12.5 Å². The Morgan fingerprint density at radius 2 is 2.12 bits per heavy atom. The molecule has 2 saturated carbocycles. The molecule has 0 amide bonds. The highest BCUT2D eigenvalue weighted by atomic mass is 16.6. The minimum Gasteiger partial charge on any atom is -0.459 e. The predicted octanol–water partition coefficient (Wildman–Crippen LogP) is 2.62. The van der Waals surface area contributed by atoms with Crippen molar-refractivity contribution in [1.29, 1.82) is 0 Å². The van der Waals surface area contributed by atoms with Gasteiger partial charge in [-0.3, -0.25) is 0 Å². The first kappa shape index (κ1) is 19.6. The van der Waals surface area contributed by atoms with E-state index in [-0.39, 0.29) is 42.5 Å². The number of ether oxygens (including phenoxy) is 2. The second kappa shape index (κ2) is 7.10. The average molecular weight is 364 g/mol. The molecule has 26 heavy (non-hydrogen) atoms. The summed E-state index contributed by atoms with van der Waals surface area (Å²) in [5.41, 5.74) is 1.28. The van der Waals surface area contributed by atoms with Crippen LogP contribution >= 0.6 is 0 Å². The van der Waals surface area contributed by atoms with E-state index in [2.05, 4.69) is 13.5 Å². The number of carbonyl (C=O) groups is 1. The Kier molecular flexibility index (Phi) is 5.35. The van der Waals surface area contributed by atoms with Crippen molar-refractivity contribution in [3.8, 4) is 0 Å². The van der Waals surface area contributed by atoms with E-state index in [0.29, 0.717) is 18.4 Å². The highest BCUT2D eigenvalue weighted by Gasteiger charge is 2.57. The molecule has 3 fully saturated rings. The van der Waals surface area contributed by atoms with Crippen molar-refractivity contribution in [3.05, 3.63) is 23.8 Å². The maximum absolute atomic E-state index is 12.0. The molecule has 6 atom stereocenters. The van der Waals surface area contributed by atoms with E-state index in [9.17, 15) is 15.0 Å². The number of aliphatic hydroxyl groups excluding tert-OH is 2. The summed E-state index contributed by atoms with van der Waals surface area (Å²) in [6.07, 6.45) is 5.35. The molecule has 1 heterocycles. The third-order valence-corrected chi connectivity index (χ3v) is 7.50. The fourth-order valence-electron chi connectivity index (χ4n) is 5.75. The Morgan fingerprint density at radius 3 is 2.77 bits per heavy atom. The number of rotatable bonds is 4. The van der Waals surface area contributed by atoms with Crippen molar-refractivity contribution in [2.75, 3.05) is 20.3 Å². The molecule has 0 aromatic heterocycles. The third kappa shape index (κ3) is 2.94. The molecule has 0 aromatic rings. The first-order valence-electron chi connectivity index (χ1n) is 9.64. The molecular formula is C21H32O5. The number of methoxy groups -OCH3 is 1. The molecule has 3 rings (SSSR count). The summed E-state index contributed by atoms with van der Waals surface area (Å²) < 4.78 is 10.5. The zero-order chi connectivity index (χ0) is 19.1. The van der Waals surface area contributed by atoms with E-state index >= 15 is 0 Å². The van der Waals surface area contributed by atoms with Gasteiger partial charge in [0.1, 0.15) is 12.7 Å². The topological polar surface area (TPSA) is 76.0 Å². The molecular weight excluding hydrogens is 332 g/mol. The molecule has 0 bridgehead atoms. The van der Waals surface area contributed by atoms with Gasteiger partial charge in [-0.2, -0.15) is 0 Å². The van der Waals surface area contributed by atoms with Crippen molar-refractivity contribution in [3.63, 3.8) is 0 Å². The normalized spacial score (nSPS) is 44.9. The Bertz CT molecular complexity index is 612. The van der Waals surface area contributed by atoms with E-state index in [1.807, 2.05) is 13.0 Å². The van der Waals surface area contributed by atoms with Crippen LogP contribution in [-0.4, -0.2) is 48.7 Å². The van der Waals surface area contributed by atoms with Crippen LogP contribution < -0.4 is 0 Å². The first-order valence-corrected chi connectivity index (χ1v) is 9.64. The van der Waals surface area contributed by atoms with Gasteiger partial charge in [0.15, 0.2) is 0 Å². The molecule has 2 N–H and O–H groups in total. The van der Waals surface area contributed by atoms with Crippen molar-refractivity contribution in [2.24, 2.45) is 22.7 Å². The first-order chi connectivity index (χ1) is 12.3. The van der Waals surface area contributed by atoms with Crippen LogP contribution in [0.1, 0.15) is 46.0 Å². The maximum Gasteiger partial charge on any atom is 0.336 e. The van der Waals surface area contributed by atoms with Gasteiger partial charge in [-0.25, -0.2) is 4.79 Å². The molecule has 1 aliphatic heterocycles. The van der Waals surface area contributed by atoms with Crippen molar-refractivity contribution in [2.45, 2.75) is 58.2 Å². The van der Waals surface area contributed by atoms with Gasteiger partial charge in [0.05, 0.1) is 18.3 Å². The molecule has 3 unspecified atom stereocenters. The number of allylic oxidation sites excluding steroid dienone is 2. The lowest BCUT2D eigenvalue weighted by Gasteiger charge is -2.59. The quantitative estimate of drug-likeness (QED) is 0.456. The van der Waals surface area contributed by atoms with Crippen LogP contribution in [0.25, 0.3) is 0 Å². The largest absolute Gasteiger partial charge is 0.459 e. The summed E-state index contributed by atoms with van der Waals surface area (Å²) in [7, 11) is 1.59. The number of hydrogen-bond acceptors (Lipinski definition) is 5. The number of carbonyl (C=O) groups excluding carboxylic acids is 1. The second-order valence-electron chi connectivity index (χ2n) is 8.74. The lowest BCUT2D eigenvalue weighted by molar-refractivity contribution is -0.151. The van der Waals surface area contributed by atoms with E-state index in [0.717, 1.165) is 19.3 Å². The molecule has 3 aliphatic rings. The smallest absolute Gasteiger partial charge is 0.336 e. The molecule has 0 spiro atoms. The molecule has 2 aliphatic carbocycles. The van der Waals surface area contributed by atoms with E-state index in [1.165, 1.54) is 5.57 Å². The number of esters is 1. The highest BCUT2D eigenvalue weighted by molar-refractivity contribution is 5.91. The number of fused-ring (bicyclic) bond motifs is 1. The average Bonchev–Trinajstić information content (AvgIpc) is 2.98. The van der Waals surface area contributed by atoms with Gasteiger partial charge in [-0.1, -0.05) is 32.1 Å². The standard InChI is InChI=1S/C21H32O5/c1-13-5-8-17-20(2,10-9-18(23)21(17,3)12-22)15(13)7-6-14-16(25-4)11-26-19(14)24/h6,15-18,22-23H,1,5,7-12H2,2-4H3/b14-6+/t15-,16?,17?,18?,20+,21-/m0/s1. The van der Waals surface area contributed by atoms with Gasteiger partial charge in [-0.15, -0.1) is 0 Å². The van der Waals surface area contributed by atoms with E-state index in [4.69, 9.17) is 9.47 Å². The van der Waals surface area contributed by atoms with Crippen LogP contribution in [-0.2, 0) is 14.3 Å². The Morgan fingerprint density at radius 1 is 1.38 bits per heavy atom. The lowest BCUT2D eigenvalue weighted by Crippen LogP contribution is -2.57. The zero-order valence-corrected chi connectivity index (χ0v) is 16.2. The van der Waals surface area contributed by atoms with Gasteiger partial charge in [0.2, 0.25) is 0 Å². The monoisotopic (exact) mass is 364 g/mol. The van der Waals surface area contributed by atoms with Gasteiger partial charge >= 0.3 is 5.97 Å². The zero-order valence-electron chi connectivity index (χ0n) is 16.2. The summed E-state index contributed by atoms with van der Waals surface area (Å²) in [5.74, 6) is 0.156. The van der Waals surface area contributed by atoms with E-state index in [1.54, 1.807) is 7.11 Å². The summed E-state index contributed by atoms with van der Waals surface area (Å²) in [6.45, 7) is 8.88. The van der Waals surface area contributed by atoms with Gasteiger partial charge in [0.25, 0.3) is 0 Å². The summed E-state index contributed by atoms with van der Waals surface area (Å²) >= 11 is 0. The van der Waals surface area contributed by atoms with Crippen LogP contribution in [0, 0.1) is 22.7 Å². The van der Waals surface area contributed by atoms with Crippen LogP contribution in [0.4, 0.5) is 0 Å². The fourth-order valence-corrected chi connectivity index (χ4v) is 5.75. The fraction of sp³-hybridized carbons (Fsp3) is 0.762. The number of hydrogen-bond donors (Lipinski definition) is 2. The highest BCUT2D eigenvalue weighted by Crippen LogP contribution is 2.61. The van der Waals surface area contributed by atoms with Gasteiger partial charge < -0.3 is 19.7 Å². The molecule has 1 saturated heterocycles. The van der Waals surface area contributed by atoms with Crippen molar-refractivity contribution < 1.29 is 24.5 Å². The second-order valence-corrected chi connectivity index (χ2v) is 8.74.